The summed E-state index contributed by atoms with van der Waals surface area (Å²) in [6.45, 7) is 4.08. The molecule has 7 heteroatoms. The second-order valence-electron chi connectivity index (χ2n) is 4.78. The van der Waals surface area contributed by atoms with Crippen molar-refractivity contribution >= 4 is 23.2 Å². The highest BCUT2D eigenvalue weighted by Gasteiger charge is 2.18. The van der Waals surface area contributed by atoms with Crippen molar-refractivity contribution in [1.29, 1.82) is 0 Å². The van der Waals surface area contributed by atoms with Gasteiger partial charge in [0.1, 0.15) is 0 Å². The maximum Gasteiger partial charge on any atom is 0.270 e. The third-order valence-electron chi connectivity index (χ3n) is 3.47. The number of hydrogen-bond acceptors (Lipinski definition) is 4. The van der Waals surface area contributed by atoms with E-state index in [1.165, 1.54) is 12.1 Å². The van der Waals surface area contributed by atoms with Crippen molar-refractivity contribution in [1.82, 2.24) is 5.32 Å². The van der Waals surface area contributed by atoms with Gasteiger partial charge in [0.05, 0.1) is 21.6 Å². The summed E-state index contributed by atoms with van der Waals surface area (Å²) >= 11 is 5.87. The van der Waals surface area contributed by atoms with Gasteiger partial charge in [-0.2, -0.15) is 0 Å². The Balaban J connectivity index is 2.70. The van der Waals surface area contributed by atoms with Crippen molar-refractivity contribution < 1.29 is 14.8 Å². The molecule has 6 nitrogen and oxygen atoms in total. The molecule has 0 radical (unpaired) electrons. The first-order valence-corrected chi connectivity index (χ1v) is 7.18. The Kier molecular flexibility index (Phi) is 6.58. The number of nitro groups is 1. The Hall–Kier alpha value is -1.66. The largest absolute Gasteiger partial charge is 0.391 e. The van der Waals surface area contributed by atoms with E-state index in [-0.39, 0.29) is 28.7 Å². The number of non-ortho nitro benzene ring substituents is 1. The Labute approximate surface area is 128 Å². The highest BCUT2D eigenvalue weighted by atomic mass is 35.5. The standard InChI is InChI=1S/C14H19ClN2O4/c1-3-9(4-2)13(18)8-16-14(19)11-6-5-10(17(20)21)7-12(11)15/h5-7,9,13,18H,3-4,8H2,1-2H3,(H,16,19). The molecule has 0 saturated carbocycles. The molecule has 0 aromatic heterocycles. The Morgan fingerprint density at radius 3 is 2.52 bits per heavy atom. The van der Waals surface area contributed by atoms with Crippen LogP contribution in [0, 0.1) is 16.0 Å². The van der Waals surface area contributed by atoms with Crippen LogP contribution in [0.2, 0.25) is 5.02 Å². The number of carbonyl (C=O) groups excluding carboxylic acids is 1. The second kappa shape index (κ2) is 7.95. The van der Waals surface area contributed by atoms with E-state index < -0.39 is 16.9 Å². The molecule has 1 atom stereocenters. The number of aliphatic hydroxyl groups is 1. The zero-order chi connectivity index (χ0) is 16.0. The molecule has 0 aliphatic heterocycles. The van der Waals surface area contributed by atoms with E-state index in [4.69, 9.17) is 11.6 Å². The summed E-state index contributed by atoms with van der Waals surface area (Å²) in [6.07, 6.45) is 1.03. The molecule has 2 N–H and O–H groups in total. The molecule has 0 spiro atoms. The minimum atomic E-state index is -0.624. The van der Waals surface area contributed by atoms with Crippen molar-refractivity contribution in [2.24, 2.45) is 5.92 Å². The van der Waals surface area contributed by atoms with Gasteiger partial charge in [-0.3, -0.25) is 14.9 Å². The summed E-state index contributed by atoms with van der Waals surface area (Å²) < 4.78 is 0. The minimum Gasteiger partial charge on any atom is -0.391 e. The van der Waals surface area contributed by atoms with Gasteiger partial charge in [-0.15, -0.1) is 0 Å². The molecular formula is C14H19ClN2O4. The topological polar surface area (TPSA) is 92.5 Å². The third-order valence-corrected chi connectivity index (χ3v) is 3.79. The van der Waals surface area contributed by atoms with Gasteiger partial charge >= 0.3 is 0 Å². The Morgan fingerprint density at radius 2 is 2.05 bits per heavy atom. The number of nitrogens with zero attached hydrogens (tertiary/aromatic N) is 1. The van der Waals surface area contributed by atoms with Crippen LogP contribution in [0.4, 0.5) is 5.69 Å². The van der Waals surface area contributed by atoms with E-state index in [0.717, 1.165) is 18.9 Å². The van der Waals surface area contributed by atoms with Gasteiger partial charge in [0.2, 0.25) is 0 Å². The lowest BCUT2D eigenvalue weighted by molar-refractivity contribution is -0.384. The maximum atomic E-state index is 12.0. The summed E-state index contributed by atoms with van der Waals surface area (Å²) in [7, 11) is 0. The summed E-state index contributed by atoms with van der Waals surface area (Å²) in [5.74, 6) is -0.336. The Morgan fingerprint density at radius 1 is 1.43 bits per heavy atom. The van der Waals surface area contributed by atoms with Crippen LogP contribution in [0.15, 0.2) is 18.2 Å². The van der Waals surface area contributed by atoms with Crippen LogP contribution in [-0.4, -0.2) is 28.6 Å². The number of nitro benzene ring substituents is 1. The smallest absolute Gasteiger partial charge is 0.270 e. The van der Waals surface area contributed by atoms with Crippen molar-refractivity contribution in [2.75, 3.05) is 6.54 Å². The van der Waals surface area contributed by atoms with E-state index in [9.17, 15) is 20.0 Å². The molecular weight excluding hydrogens is 296 g/mol. The predicted octanol–water partition coefficient (Wildman–Crippen LogP) is 2.78. The van der Waals surface area contributed by atoms with Crippen LogP contribution >= 0.6 is 11.6 Å². The maximum absolute atomic E-state index is 12.0. The number of amides is 1. The third kappa shape index (κ3) is 4.68. The normalized spacial score (nSPS) is 12.2. The van der Waals surface area contributed by atoms with E-state index in [1.54, 1.807) is 0 Å². The van der Waals surface area contributed by atoms with Gasteiger partial charge in [0, 0.05) is 18.7 Å². The number of rotatable bonds is 7. The molecule has 0 aliphatic rings. The predicted molar refractivity (Wildman–Crippen MR) is 80.5 cm³/mol. The van der Waals surface area contributed by atoms with Gasteiger partial charge in [-0.25, -0.2) is 0 Å². The molecule has 1 aromatic carbocycles. The molecule has 0 bridgehead atoms. The lowest BCUT2D eigenvalue weighted by atomic mass is 9.96. The SMILES string of the molecule is CCC(CC)C(O)CNC(=O)c1ccc([N+](=O)[O-])cc1Cl. The number of nitrogens with one attached hydrogen (secondary N) is 1. The van der Waals surface area contributed by atoms with Gasteiger partial charge in [0.25, 0.3) is 11.6 Å². The fourth-order valence-electron chi connectivity index (χ4n) is 2.09. The molecule has 116 valence electrons. The first kappa shape index (κ1) is 17.4. The zero-order valence-corrected chi connectivity index (χ0v) is 12.8. The van der Waals surface area contributed by atoms with Crippen molar-refractivity contribution in [2.45, 2.75) is 32.8 Å². The highest BCUT2D eigenvalue weighted by molar-refractivity contribution is 6.34. The van der Waals surface area contributed by atoms with Crippen LogP contribution in [0.1, 0.15) is 37.0 Å². The number of carbonyl (C=O) groups is 1. The fourth-order valence-corrected chi connectivity index (χ4v) is 2.35. The number of hydrogen-bond donors (Lipinski definition) is 2. The highest BCUT2D eigenvalue weighted by Crippen LogP contribution is 2.22. The van der Waals surface area contributed by atoms with E-state index in [0.29, 0.717) is 0 Å². The lowest BCUT2D eigenvalue weighted by Gasteiger charge is -2.20. The van der Waals surface area contributed by atoms with E-state index in [1.807, 2.05) is 13.8 Å². The summed E-state index contributed by atoms with van der Waals surface area (Å²) in [5.41, 5.74) is -0.0207. The van der Waals surface area contributed by atoms with E-state index in [2.05, 4.69) is 5.32 Å². The number of halogens is 1. The van der Waals surface area contributed by atoms with Gasteiger partial charge < -0.3 is 10.4 Å². The zero-order valence-electron chi connectivity index (χ0n) is 12.0. The lowest BCUT2D eigenvalue weighted by Crippen LogP contribution is -2.36. The molecule has 1 amide bonds. The average Bonchev–Trinajstić information content (AvgIpc) is 2.45. The van der Waals surface area contributed by atoms with Crippen molar-refractivity contribution in [3.8, 4) is 0 Å². The summed E-state index contributed by atoms with van der Waals surface area (Å²) in [5, 5.41) is 23.2. The van der Waals surface area contributed by atoms with Crippen LogP contribution in [0.5, 0.6) is 0 Å². The Bertz CT molecular complexity index is 518. The fraction of sp³-hybridized carbons (Fsp3) is 0.500. The van der Waals surface area contributed by atoms with Crippen LogP contribution < -0.4 is 5.32 Å². The van der Waals surface area contributed by atoms with Crippen LogP contribution in [0.25, 0.3) is 0 Å². The number of aliphatic hydroxyl groups excluding tert-OH is 1. The van der Waals surface area contributed by atoms with Crippen molar-refractivity contribution in [3.05, 3.63) is 38.9 Å². The van der Waals surface area contributed by atoms with Crippen LogP contribution in [0.3, 0.4) is 0 Å². The number of benzene rings is 1. The molecule has 0 aliphatic carbocycles. The summed E-state index contributed by atoms with van der Waals surface area (Å²) in [4.78, 5) is 22.0. The molecule has 0 saturated heterocycles. The molecule has 0 heterocycles. The van der Waals surface area contributed by atoms with E-state index >= 15 is 0 Å². The average molecular weight is 315 g/mol. The summed E-state index contributed by atoms with van der Waals surface area (Å²) in [6, 6.07) is 3.66. The molecule has 1 aromatic rings. The van der Waals surface area contributed by atoms with Gasteiger partial charge in [-0.05, 0) is 12.0 Å². The minimum absolute atomic E-state index is 0.0127. The van der Waals surface area contributed by atoms with Crippen molar-refractivity contribution in [3.63, 3.8) is 0 Å². The quantitative estimate of drug-likeness (QED) is 0.598. The van der Waals surface area contributed by atoms with Gasteiger partial charge in [0.15, 0.2) is 0 Å². The first-order valence-electron chi connectivity index (χ1n) is 6.80. The molecule has 1 unspecified atom stereocenters. The second-order valence-corrected chi connectivity index (χ2v) is 5.18. The molecule has 1 rings (SSSR count). The van der Waals surface area contributed by atoms with Crippen LogP contribution in [-0.2, 0) is 0 Å². The molecule has 0 fully saturated rings. The first-order chi connectivity index (χ1) is 9.90. The monoisotopic (exact) mass is 314 g/mol. The van der Waals surface area contributed by atoms with Gasteiger partial charge in [-0.1, -0.05) is 38.3 Å². The molecule has 21 heavy (non-hydrogen) atoms.